The summed E-state index contributed by atoms with van der Waals surface area (Å²) >= 11 is 0. The number of piperidine rings is 1. The van der Waals surface area contributed by atoms with Crippen LogP contribution in [0.3, 0.4) is 0 Å². The zero-order valence-electron chi connectivity index (χ0n) is 13.0. The fraction of sp³-hybridized carbons (Fsp3) is 1.00. The summed E-state index contributed by atoms with van der Waals surface area (Å²) in [6, 6.07) is 1.65. The Kier molecular flexibility index (Phi) is 7.23. The SMILES string of the molecule is CCCN(CC1CCCCN1)C1CCCCCCC1. The summed E-state index contributed by atoms with van der Waals surface area (Å²) in [6.45, 7) is 6.20. The van der Waals surface area contributed by atoms with E-state index in [0.717, 1.165) is 12.1 Å². The van der Waals surface area contributed by atoms with Gasteiger partial charge in [0.25, 0.3) is 0 Å². The molecule has 0 bridgehead atoms. The van der Waals surface area contributed by atoms with Crippen LogP contribution in [0.4, 0.5) is 0 Å². The van der Waals surface area contributed by atoms with Crippen LogP contribution in [-0.4, -0.2) is 36.6 Å². The number of nitrogens with one attached hydrogen (secondary N) is 1. The second-order valence-electron chi connectivity index (χ2n) is 6.64. The Morgan fingerprint density at radius 1 is 0.895 bits per heavy atom. The molecule has 112 valence electrons. The van der Waals surface area contributed by atoms with Gasteiger partial charge in [0.1, 0.15) is 0 Å². The number of rotatable bonds is 5. The van der Waals surface area contributed by atoms with Gasteiger partial charge in [-0.2, -0.15) is 0 Å². The van der Waals surface area contributed by atoms with Crippen LogP contribution < -0.4 is 5.32 Å². The van der Waals surface area contributed by atoms with Gasteiger partial charge in [-0.3, -0.25) is 4.90 Å². The molecule has 0 spiro atoms. The van der Waals surface area contributed by atoms with E-state index in [2.05, 4.69) is 17.1 Å². The molecule has 2 nitrogen and oxygen atoms in total. The lowest BCUT2D eigenvalue weighted by Gasteiger charge is -2.37. The summed E-state index contributed by atoms with van der Waals surface area (Å²) in [6.07, 6.45) is 15.8. The standard InChI is InChI=1S/C17H34N2/c1-2-14-19(15-16-10-8-9-13-18-16)17-11-6-4-3-5-7-12-17/h16-18H,2-15H2,1H3. The van der Waals surface area contributed by atoms with Crippen molar-refractivity contribution in [3.05, 3.63) is 0 Å². The van der Waals surface area contributed by atoms with E-state index in [9.17, 15) is 0 Å². The van der Waals surface area contributed by atoms with E-state index in [1.807, 2.05) is 0 Å². The van der Waals surface area contributed by atoms with Crippen LogP contribution in [0.2, 0.25) is 0 Å². The summed E-state index contributed by atoms with van der Waals surface area (Å²) in [5.41, 5.74) is 0. The zero-order valence-corrected chi connectivity index (χ0v) is 13.0. The van der Waals surface area contributed by atoms with Gasteiger partial charge in [0.15, 0.2) is 0 Å². The highest BCUT2D eigenvalue weighted by molar-refractivity contribution is 4.81. The molecule has 2 aliphatic rings. The van der Waals surface area contributed by atoms with Crippen LogP contribution in [0, 0.1) is 0 Å². The fourth-order valence-corrected chi connectivity index (χ4v) is 3.87. The monoisotopic (exact) mass is 266 g/mol. The molecule has 1 saturated heterocycles. The van der Waals surface area contributed by atoms with Crippen LogP contribution in [0.5, 0.6) is 0 Å². The van der Waals surface area contributed by atoms with Gasteiger partial charge in [0, 0.05) is 18.6 Å². The van der Waals surface area contributed by atoms with Crippen molar-refractivity contribution < 1.29 is 0 Å². The molecule has 0 amide bonds. The number of hydrogen-bond donors (Lipinski definition) is 1. The van der Waals surface area contributed by atoms with Gasteiger partial charge >= 0.3 is 0 Å². The van der Waals surface area contributed by atoms with Crippen LogP contribution >= 0.6 is 0 Å². The van der Waals surface area contributed by atoms with E-state index >= 15 is 0 Å². The zero-order chi connectivity index (χ0) is 13.3. The molecule has 0 aromatic rings. The molecular weight excluding hydrogens is 232 g/mol. The average molecular weight is 266 g/mol. The van der Waals surface area contributed by atoms with Crippen molar-refractivity contribution in [3.63, 3.8) is 0 Å². The lowest BCUT2D eigenvalue weighted by atomic mass is 9.94. The third-order valence-corrected chi connectivity index (χ3v) is 4.97. The van der Waals surface area contributed by atoms with Crippen molar-refractivity contribution in [2.24, 2.45) is 0 Å². The molecule has 1 aliphatic carbocycles. The Morgan fingerprint density at radius 2 is 1.58 bits per heavy atom. The molecule has 2 fully saturated rings. The first kappa shape index (κ1) is 15.3. The Hall–Kier alpha value is -0.0800. The van der Waals surface area contributed by atoms with Crippen LogP contribution in [0.25, 0.3) is 0 Å². The molecule has 1 saturated carbocycles. The maximum atomic E-state index is 3.73. The summed E-state index contributed by atoms with van der Waals surface area (Å²) in [7, 11) is 0. The normalized spacial score (nSPS) is 27.2. The molecule has 1 aliphatic heterocycles. The molecule has 0 aromatic carbocycles. The molecule has 1 unspecified atom stereocenters. The van der Waals surface area contributed by atoms with E-state index < -0.39 is 0 Å². The largest absolute Gasteiger partial charge is 0.313 e. The number of nitrogens with zero attached hydrogens (tertiary/aromatic N) is 1. The third-order valence-electron chi connectivity index (χ3n) is 4.97. The van der Waals surface area contributed by atoms with Gasteiger partial charge in [-0.25, -0.2) is 0 Å². The topological polar surface area (TPSA) is 15.3 Å². The smallest absolute Gasteiger partial charge is 0.0195 e. The van der Waals surface area contributed by atoms with Gasteiger partial charge < -0.3 is 5.32 Å². The first-order valence-electron chi connectivity index (χ1n) is 8.87. The molecule has 1 atom stereocenters. The molecule has 0 aromatic heterocycles. The Labute approximate surface area is 120 Å². The summed E-state index contributed by atoms with van der Waals surface area (Å²) < 4.78 is 0. The fourth-order valence-electron chi connectivity index (χ4n) is 3.87. The highest BCUT2D eigenvalue weighted by Gasteiger charge is 2.22. The molecule has 1 N–H and O–H groups in total. The quantitative estimate of drug-likeness (QED) is 0.810. The van der Waals surface area contributed by atoms with E-state index in [0.29, 0.717) is 0 Å². The first-order valence-corrected chi connectivity index (χ1v) is 8.87. The first-order chi connectivity index (χ1) is 9.40. The number of hydrogen-bond acceptors (Lipinski definition) is 2. The summed E-state index contributed by atoms with van der Waals surface area (Å²) in [5.74, 6) is 0. The van der Waals surface area contributed by atoms with Gasteiger partial charge in [-0.1, -0.05) is 45.4 Å². The second-order valence-corrected chi connectivity index (χ2v) is 6.64. The minimum atomic E-state index is 0.769. The van der Waals surface area contributed by atoms with Crippen molar-refractivity contribution in [1.29, 1.82) is 0 Å². The van der Waals surface area contributed by atoms with Crippen molar-refractivity contribution >= 4 is 0 Å². The second kappa shape index (κ2) is 8.97. The van der Waals surface area contributed by atoms with Crippen LogP contribution in [0.15, 0.2) is 0 Å². The molecule has 2 rings (SSSR count). The van der Waals surface area contributed by atoms with Gasteiger partial charge in [-0.15, -0.1) is 0 Å². The van der Waals surface area contributed by atoms with Crippen molar-refractivity contribution in [2.45, 2.75) is 89.6 Å². The van der Waals surface area contributed by atoms with Crippen LogP contribution in [0.1, 0.15) is 77.6 Å². The van der Waals surface area contributed by atoms with Gasteiger partial charge in [0.2, 0.25) is 0 Å². The van der Waals surface area contributed by atoms with Gasteiger partial charge in [-0.05, 0) is 45.2 Å². The van der Waals surface area contributed by atoms with Crippen molar-refractivity contribution in [1.82, 2.24) is 10.2 Å². The minimum absolute atomic E-state index is 0.769. The van der Waals surface area contributed by atoms with E-state index in [-0.39, 0.29) is 0 Å². The molecule has 0 radical (unpaired) electrons. The minimum Gasteiger partial charge on any atom is -0.313 e. The average Bonchev–Trinajstić information content (AvgIpc) is 2.39. The highest BCUT2D eigenvalue weighted by atomic mass is 15.2. The lowest BCUT2D eigenvalue weighted by Crippen LogP contribution is -2.47. The van der Waals surface area contributed by atoms with E-state index in [1.54, 1.807) is 0 Å². The predicted molar refractivity (Wildman–Crippen MR) is 83.6 cm³/mol. The van der Waals surface area contributed by atoms with Gasteiger partial charge in [0.05, 0.1) is 0 Å². The van der Waals surface area contributed by atoms with Crippen molar-refractivity contribution in [3.8, 4) is 0 Å². The third kappa shape index (κ3) is 5.43. The Bertz CT molecular complexity index is 215. The Morgan fingerprint density at radius 3 is 2.21 bits per heavy atom. The predicted octanol–water partition coefficient (Wildman–Crippen LogP) is 3.95. The van der Waals surface area contributed by atoms with Crippen LogP contribution in [-0.2, 0) is 0 Å². The molecular formula is C17H34N2. The molecule has 19 heavy (non-hydrogen) atoms. The molecule has 2 heteroatoms. The van der Waals surface area contributed by atoms with E-state index in [1.165, 1.54) is 90.3 Å². The summed E-state index contributed by atoms with van der Waals surface area (Å²) in [4.78, 5) is 2.83. The summed E-state index contributed by atoms with van der Waals surface area (Å²) in [5, 5.41) is 3.73. The van der Waals surface area contributed by atoms with Crippen molar-refractivity contribution in [2.75, 3.05) is 19.6 Å². The Balaban J connectivity index is 1.84. The maximum absolute atomic E-state index is 3.73. The highest BCUT2D eigenvalue weighted by Crippen LogP contribution is 2.22. The molecule has 1 heterocycles. The van der Waals surface area contributed by atoms with E-state index in [4.69, 9.17) is 0 Å². The lowest BCUT2D eigenvalue weighted by molar-refractivity contribution is 0.142. The maximum Gasteiger partial charge on any atom is 0.0195 e.